The van der Waals surface area contributed by atoms with Gasteiger partial charge in [0.15, 0.2) is 6.10 Å². The summed E-state index contributed by atoms with van der Waals surface area (Å²) < 4.78 is 16.8. The smallest absolute Gasteiger partial charge is 0.306 e. The SMILES string of the molecule is CC/C=C\C/C=C\C/C=C\C/C=C\C/C=C\C/C=C\C/C=C\C/C=C\C/C=C\CCCCCC(=O)OCC(COC(=O)CCCCCCCCCCCCC)OC(=O)CCCCC/C=C\C/C=C\C/C=C\CC. The second-order valence-corrected chi connectivity index (χ2v) is 18.8. The van der Waals surface area contributed by atoms with Gasteiger partial charge in [0.2, 0.25) is 0 Å². The molecule has 0 saturated heterocycles. The summed E-state index contributed by atoms with van der Waals surface area (Å²) in [5, 5.41) is 0. The van der Waals surface area contributed by atoms with Crippen molar-refractivity contribution in [3.05, 3.63) is 146 Å². The highest BCUT2D eigenvalue weighted by atomic mass is 16.6. The van der Waals surface area contributed by atoms with Crippen LogP contribution in [0.2, 0.25) is 0 Å². The molecular weight excluding hydrogens is 901 g/mol. The average molecular weight is 1010 g/mol. The number of allylic oxidation sites excluding steroid dienone is 24. The minimum Gasteiger partial charge on any atom is -0.462 e. The van der Waals surface area contributed by atoms with Crippen LogP contribution >= 0.6 is 0 Å². The highest BCUT2D eigenvalue weighted by Crippen LogP contribution is 2.14. The maximum Gasteiger partial charge on any atom is 0.306 e. The molecule has 0 heterocycles. The molecular formula is C67H106O6. The average Bonchev–Trinajstić information content (AvgIpc) is 3.39. The molecule has 0 spiro atoms. The van der Waals surface area contributed by atoms with Crippen molar-refractivity contribution in [3.8, 4) is 0 Å². The van der Waals surface area contributed by atoms with Crippen LogP contribution in [0.5, 0.6) is 0 Å². The first-order chi connectivity index (χ1) is 36.0. The maximum atomic E-state index is 12.8. The van der Waals surface area contributed by atoms with Crippen molar-refractivity contribution < 1.29 is 28.6 Å². The number of unbranched alkanes of at least 4 members (excludes halogenated alkanes) is 16. The molecule has 6 heteroatoms. The first-order valence-electron chi connectivity index (χ1n) is 29.3. The summed E-state index contributed by atoms with van der Waals surface area (Å²) >= 11 is 0. The third kappa shape index (κ3) is 58.1. The van der Waals surface area contributed by atoms with Gasteiger partial charge in [-0.05, 0) is 122 Å². The molecule has 73 heavy (non-hydrogen) atoms. The highest BCUT2D eigenvalue weighted by molar-refractivity contribution is 5.71. The van der Waals surface area contributed by atoms with Gasteiger partial charge < -0.3 is 14.2 Å². The second-order valence-electron chi connectivity index (χ2n) is 18.8. The largest absolute Gasteiger partial charge is 0.462 e. The fraction of sp³-hybridized carbons (Fsp3) is 0.597. The molecule has 1 unspecified atom stereocenters. The normalized spacial score (nSPS) is 13.2. The van der Waals surface area contributed by atoms with Crippen molar-refractivity contribution in [2.75, 3.05) is 13.2 Å². The Morgan fingerprint density at radius 3 is 0.836 bits per heavy atom. The summed E-state index contributed by atoms with van der Waals surface area (Å²) in [6.45, 7) is 6.33. The Hall–Kier alpha value is -4.71. The third-order valence-electron chi connectivity index (χ3n) is 11.8. The molecule has 0 radical (unpaired) electrons. The topological polar surface area (TPSA) is 78.9 Å². The molecule has 410 valence electrons. The van der Waals surface area contributed by atoms with Gasteiger partial charge in [0, 0.05) is 19.3 Å². The molecule has 0 rings (SSSR count). The van der Waals surface area contributed by atoms with Gasteiger partial charge in [-0.25, -0.2) is 0 Å². The molecule has 0 aliphatic heterocycles. The Balaban J connectivity index is 4.35. The summed E-state index contributed by atoms with van der Waals surface area (Å²) in [7, 11) is 0. The van der Waals surface area contributed by atoms with Crippen LogP contribution in [0.15, 0.2) is 146 Å². The van der Waals surface area contributed by atoms with Gasteiger partial charge >= 0.3 is 17.9 Å². The summed E-state index contributed by atoms with van der Waals surface area (Å²) in [5.41, 5.74) is 0. The van der Waals surface area contributed by atoms with Crippen molar-refractivity contribution in [1.82, 2.24) is 0 Å². The van der Waals surface area contributed by atoms with Crippen LogP contribution in [-0.2, 0) is 28.6 Å². The van der Waals surface area contributed by atoms with Crippen LogP contribution in [0.1, 0.15) is 239 Å². The maximum absolute atomic E-state index is 12.8. The van der Waals surface area contributed by atoms with E-state index in [9.17, 15) is 14.4 Å². The molecule has 0 aromatic rings. The Kier molecular flexibility index (Phi) is 56.0. The Labute approximate surface area is 448 Å². The van der Waals surface area contributed by atoms with Gasteiger partial charge in [0.1, 0.15) is 13.2 Å². The van der Waals surface area contributed by atoms with Crippen molar-refractivity contribution >= 4 is 17.9 Å². The molecule has 0 saturated carbocycles. The summed E-state index contributed by atoms with van der Waals surface area (Å²) in [6, 6.07) is 0. The van der Waals surface area contributed by atoms with E-state index < -0.39 is 6.10 Å². The van der Waals surface area contributed by atoms with E-state index in [-0.39, 0.29) is 37.5 Å². The number of ether oxygens (including phenoxy) is 3. The number of hydrogen-bond donors (Lipinski definition) is 0. The fourth-order valence-corrected chi connectivity index (χ4v) is 7.51. The van der Waals surface area contributed by atoms with Crippen molar-refractivity contribution in [3.63, 3.8) is 0 Å². The zero-order valence-corrected chi connectivity index (χ0v) is 46.8. The lowest BCUT2D eigenvalue weighted by Gasteiger charge is -2.18. The van der Waals surface area contributed by atoms with Crippen LogP contribution in [-0.4, -0.2) is 37.2 Å². The van der Waals surface area contributed by atoms with E-state index in [4.69, 9.17) is 14.2 Å². The molecule has 0 aromatic carbocycles. The van der Waals surface area contributed by atoms with Crippen LogP contribution in [0.3, 0.4) is 0 Å². The molecule has 0 fully saturated rings. The predicted molar refractivity (Wildman–Crippen MR) is 315 cm³/mol. The van der Waals surface area contributed by atoms with E-state index in [0.29, 0.717) is 12.8 Å². The van der Waals surface area contributed by atoms with E-state index in [1.54, 1.807) is 0 Å². The van der Waals surface area contributed by atoms with Crippen molar-refractivity contribution in [2.45, 2.75) is 245 Å². The van der Waals surface area contributed by atoms with Crippen molar-refractivity contribution in [1.29, 1.82) is 0 Å². The van der Waals surface area contributed by atoms with Crippen LogP contribution in [0.4, 0.5) is 0 Å². The van der Waals surface area contributed by atoms with Gasteiger partial charge in [-0.1, -0.05) is 244 Å². The van der Waals surface area contributed by atoms with E-state index in [2.05, 4.69) is 167 Å². The zero-order valence-electron chi connectivity index (χ0n) is 46.8. The minimum absolute atomic E-state index is 0.104. The number of carbonyl (C=O) groups is 3. The Bertz CT molecular complexity index is 1630. The third-order valence-corrected chi connectivity index (χ3v) is 11.8. The zero-order chi connectivity index (χ0) is 52.9. The summed E-state index contributed by atoms with van der Waals surface area (Å²) in [4.78, 5) is 38.0. The first-order valence-corrected chi connectivity index (χ1v) is 29.3. The van der Waals surface area contributed by atoms with Gasteiger partial charge in [-0.3, -0.25) is 14.4 Å². The quantitative estimate of drug-likeness (QED) is 0.0261. The minimum atomic E-state index is -0.810. The number of rotatable bonds is 51. The van der Waals surface area contributed by atoms with Crippen LogP contribution in [0, 0.1) is 0 Å². The van der Waals surface area contributed by atoms with Crippen LogP contribution in [0.25, 0.3) is 0 Å². The summed E-state index contributed by atoms with van der Waals surface area (Å²) in [6.07, 6.45) is 85.7. The number of hydrogen-bond acceptors (Lipinski definition) is 6. The molecule has 0 bridgehead atoms. The fourth-order valence-electron chi connectivity index (χ4n) is 7.51. The lowest BCUT2D eigenvalue weighted by atomic mass is 10.1. The molecule has 0 aliphatic carbocycles. The number of carbonyl (C=O) groups excluding carboxylic acids is 3. The van der Waals surface area contributed by atoms with Gasteiger partial charge in [0.25, 0.3) is 0 Å². The van der Waals surface area contributed by atoms with Crippen LogP contribution < -0.4 is 0 Å². The summed E-state index contributed by atoms with van der Waals surface area (Å²) in [5.74, 6) is -0.976. The van der Waals surface area contributed by atoms with E-state index in [0.717, 1.165) is 148 Å². The van der Waals surface area contributed by atoms with E-state index in [1.807, 2.05) is 0 Å². The highest BCUT2D eigenvalue weighted by Gasteiger charge is 2.19. The molecule has 0 aromatic heterocycles. The molecule has 0 N–H and O–H groups in total. The van der Waals surface area contributed by atoms with E-state index >= 15 is 0 Å². The molecule has 0 amide bonds. The lowest BCUT2D eigenvalue weighted by Crippen LogP contribution is -2.30. The monoisotopic (exact) mass is 1010 g/mol. The second kappa shape index (κ2) is 59.8. The Morgan fingerprint density at radius 2 is 0.534 bits per heavy atom. The van der Waals surface area contributed by atoms with Crippen molar-refractivity contribution in [2.24, 2.45) is 0 Å². The molecule has 0 aliphatic rings. The molecule has 6 nitrogen and oxygen atoms in total. The number of esters is 3. The molecule has 1 atom stereocenters. The van der Waals surface area contributed by atoms with Gasteiger partial charge in [-0.15, -0.1) is 0 Å². The van der Waals surface area contributed by atoms with Gasteiger partial charge in [0.05, 0.1) is 0 Å². The first kappa shape index (κ1) is 68.3. The predicted octanol–water partition coefficient (Wildman–Crippen LogP) is 20.0. The van der Waals surface area contributed by atoms with E-state index in [1.165, 1.54) is 51.4 Å². The standard InChI is InChI=1S/C67H106O6/c1-4-7-10-13-16-19-22-24-25-26-27-28-29-30-31-32-33-34-35-36-37-38-39-40-41-43-45-48-51-54-57-60-66(69)72-63-64(62-71-65(68)59-56-53-50-47-44-21-18-15-12-9-6-3)73-67(70)61-58-55-52-49-46-42-23-20-17-14-11-8-5-2/h7-8,10-11,16-17,19-20,24-25,27-28,30-31,33-34,36-37,39-40,42-43,45-46,64H,4-6,9,12-15,18,21-23,26,29,32,35,38,41,44,47-63H2,1-3H3/b10-7-,11-8-,19-16-,20-17-,25-24-,28-27-,31-30-,34-33-,37-36-,40-39-,45-43-,46-42-. The van der Waals surface area contributed by atoms with Gasteiger partial charge in [-0.2, -0.15) is 0 Å². The lowest BCUT2D eigenvalue weighted by molar-refractivity contribution is -0.167. The Morgan fingerprint density at radius 1 is 0.288 bits per heavy atom.